The Labute approximate surface area is 121 Å². The van der Waals surface area contributed by atoms with E-state index in [0.29, 0.717) is 0 Å². The molecule has 1 aromatic heterocycles. The Bertz CT molecular complexity index is 431. The zero-order valence-corrected chi connectivity index (χ0v) is 13.7. The topological polar surface area (TPSA) is 28.2 Å². The van der Waals surface area contributed by atoms with Gasteiger partial charge in [-0.25, -0.2) is 4.98 Å². The van der Waals surface area contributed by atoms with Crippen molar-refractivity contribution in [1.29, 1.82) is 0 Å². The van der Waals surface area contributed by atoms with Crippen LogP contribution in [0.25, 0.3) is 0 Å². The van der Waals surface area contributed by atoms with E-state index < -0.39 is 0 Å². The molecule has 1 saturated heterocycles. The lowest BCUT2D eigenvalue weighted by atomic mass is 9.86. The quantitative estimate of drug-likeness (QED) is 0.918. The van der Waals surface area contributed by atoms with Gasteiger partial charge in [0.2, 0.25) is 0 Å². The largest absolute Gasteiger partial charge is 0.308 e. The van der Waals surface area contributed by atoms with E-state index in [2.05, 4.69) is 55.2 Å². The van der Waals surface area contributed by atoms with E-state index in [9.17, 15) is 0 Å². The fourth-order valence-corrected chi connectivity index (χ4v) is 3.44. The fourth-order valence-electron chi connectivity index (χ4n) is 2.65. The molecule has 0 amide bonds. The lowest BCUT2D eigenvalue weighted by molar-refractivity contribution is 0.0104. The minimum Gasteiger partial charge on any atom is -0.308 e. The molecule has 0 aliphatic carbocycles. The predicted molar refractivity (Wildman–Crippen MR) is 82.7 cm³/mol. The van der Waals surface area contributed by atoms with Crippen LogP contribution in [0.3, 0.4) is 0 Å². The van der Waals surface area contributed by atoms with E-state index in [0.717, 1.165) is 25.3 Å². The maximum atomic E-state index is 4.63. The molecular weight excluding hydrogens is 254 g/mol. The molecule has 0 aromatic carbocycles. The fraction of sp³-hybridized carbons (Fsp3) is 0.800. The van der Waals surface area contributed by atoms with Gasteiger partial charge < -0.3 is 5.32 Å². The Kier molecular flexibility index (Phi) is 4.33. The number of aromatic nitrogens is 1. The van der Waals surface area contributed by atoms with Crippen molar-refractivity contribution >= 4 is 11.3 Å². The lowest BCUT2D eigenvalue weighted by Crippen LogP contribution is -2.67. The molecule has 3 nitrogen and oxygen atoms in total. The number of hydrogen-bond acceptors (Lipinski definition) is 4. The Hall–Kier alpha value is -0.450. The number of nitrogens with zero attached hydrogens (tertiary/aromatic N) is 2. The average molecular weight is 281 g/mol. The van der Waals surface area contributed by atoms with Crippen molar-refractivity contribution in [3.63, 3.8) is 0 Å². The van der Waals surface area contributed by atoms with Gasteiger partial charge in [-0.15, -0.1) is 11.3 Å². The van der Waals surface area contributed by atoms with Crippen LogP contribution in [-0.4, -0.2) is 34.1 Å². The Morgan fingerprint density at radius 3 is 2.63 bits per heavy atom. The van der Waals surface area contributed by atoms with Crippen molar-refractivity contribution in [3.05, 3.63) is 16.1 Å². The van der Waals surface area contributed by atoms with Crippen LogP contribution < -0.4 is 5.32 Å². The van der Waals surface area contributed by atoms with Gasteiger partial charge >= 0.3 is 0 Å². The second-order valence-electron chi connectivity index (χ2n) is 6.36. The molecule has 1 aromatic rings. The first-order valence-corrected chi connectivity index (χ1v) is 8.20. The average Bonchev–Trinajstić information content (AvgIpc) is 2.80. The minimum atomic E-state index is 0.237. The predicted octanol–water partition coefficient (Wildman–Crippen LogP) is 3.19. The first kappa shape index (κ1) is 14.9. The molecule has 1 aliphatic heterocycles. The molecule has 2 rings (SSSR count). The van der Waals surface area contributed by atoms with Crippen molar-refractivity contribution in [2.45, 2.75) is 65.1 Å². The van der Waals surface area contributed by atoms with Crippen LogP contribution in [0.1, 0.15) is 51.2 Å². The third-order valence-corrected chi connectivity index (χ3v) is 5.69. The number of hydrogen-bond donors (Lipinski definition) is 1. The van der Waals surface area contributed by atoms with Crippen LogP contribution in [0, 0.1) is 6.92 Å². The van der Waals surface area contributed by atoms with Crippen molar-refractivity contribution in [1.82, 2.24) is 15.2 Å². The van der Waals surface area contributed by atoms with Gasteiger partial charge in [0, 0.05) is 35.2 Å². The molecule has 1 fully saturated rings. The third kappa shape index (κ3) is 3.18. The van der Waals surface area contributed by atoms with E-state index >= 15 is 0 Å². The van der Waals surface area contributed by atoms with E-state index in [1.807, 2.05) is 0 Å². The summed E-state index contributed by atoms with van der Waals surface area (Å²) in [5.41, 5.74) is 1.63. The molecule has 0 saturated carbocycles. The number of rotatable bonds is 4. The summed E-state index contributed by atoms with van der Waals surface area (Å²) in [4.78, 5) is 7.26. The minimum absolute atomic E-state index is 0.237. The van der Waals surface area contributed by atoms with E-state index in [4.69, 9.17) is 0 Å². The summed E-state index contributed by atoms with van der Waals surface area (Å²) in [6.07, 6.45) is 2.34. The van der Waals surface area contributed by atoms with Crippen LogP contribution in [0.4, 0.5) is 0 Å². The molecule has 0 radical (unpaired) electrons. The van der Waals surface area contributed by atoms with Gasteiger partial charge in [0.25, 0.3) is 0 Å². The summed E-state index contributed by atoms with van der Waals surface area (Å²) in [5.74, 6) is 0. The first-order chi connectivity index (χ1) is 8.91. The molecular formula is C15H27N3S. The highest BCUT2D eigenvalue weighted by atomic mass is 32.1. The van der Waals surface area contributed by atoms with Gasteiger partial charge in [-0.05, 0) is 33.6 Å². The van der Waals surface area contributed by atoms with Crippen molar-refractivity contribution in [2.24, 2.45) is 0 Å². The summed E-state index contributed by atoms with van der Waals surface area (Å²) in [6, 6.07) is 0. The highest BCUT2D eigenvalue weighted by Crippen LogP contribution is 2.30. The normalized spacial score (nSPS) is 32.7. The smallest absolute Gasteiger partial charge is 0.107 e. The molecule has 1 N–H and O–H groups in total. The summed E-state index contributed by atoms with van der Waals surface area (Å²) in [7, 11) is 0. The number of nitrogens with one attached hydrogen (secondary N) is 1. The van der Waals surface area contributed by atoms with Crippen molar-refractivity contribution in [2.75, 3.05) is 13.1 Å². The van der Waals surface area contributed by atoms with Gasteiger partial charge in [-0.2, -0.15) is 0 Å². The third-order valence-electron chi connectivity index (χ3n) is 4.73. The van der Waals surface area contributed by atoms with Crippen LogP contribution in [-0.2, 0) is 6.54 Å². The molecule has 19 heavy (non-hydrogen) atoms. The number of aryl methyl sites for hydroxylation is 1. The molecule has 0 spiro atoms. The Morgan fingerprint density at radius 1 is 1.37 bits per heavy atom. The van der Waals surface area contributed by atoms with E-state index in [1.165, 1.54) is 17.8 Å². The maximum absolute atomic E-state index is 4.63. The van der Waals surface area contributed by atoms with Crippen LogP contribution >= 0.6 is 11.3 Å². The van der Waals surface area contributed by atoms with Gasteiger partial charge in [-0.3, -0.25) is 4.90 Å². The molecule has 2 unspecified atom stereocenters. The molecule has 2 atom stereocenters. The Morgan fingerprint density at radius 2 is 2.11 bits per heavy atom. The standard InChI is InChI=1S/C15H27N3S/c1-6-14(4)11-18(15(5,7-2)10-16-14)8-13-17-12(3)9-19-13/h9,16H,6-8,10-11H2,1-5H3. The summed E-state index contributed by atoms with van der Waals surface area (Å²) in [5, 5.41) is 7.15. The monoisotopic (exact) mass is 281 g/mol. The lowest BCUT2D eigenvalue weighted by Gasteiger charge is -2.52. The SMILES string of the molecule is CCC1(C)CN(Cc2nc(C)cs2)C(C)(CC)CN1. The highest BCUT2D eigenvalue weighted by molar-refractivity contribution is 7.09. The molecule has 4 heteroatoms. The zero-order chi connectivity index (χ0) is 14.1. The second-order valence-corrected chi connectivity index (χ2v) is 7.30. The number of thiazole rings is 1. The van der Waals surface area contributed by atoms with Crippen molar-refractivity contribution < 1.29 is 0 Å². The molecule has 108 valence electrons. The van der Waals surface area contributed by atoms with Gasteiger partial charge in [0.1, 0.15) is 5.01 Å². The first-order valence-electron chi connectivity index (χ1n) is 7.32. The van der Waals surface area contributed by atoms with Gasteiger partial charge in [-0.1, -0.05) is 13.8 Å². The highest BCUT2D eigenvalue weighted by Gasteiger charge is 2.41. The Balaban J connectivity index is 2.16. The maximum Gasteiger partial charge on any atom is 0.107 e. The second kappa shape index (κ2) is 5.51. The van der Waals surface area contributed by atoms with Crippen molar-refractivity contribution in [3.8, 4) is 0 Å². The summed E-state index contributed by atoms with van der Waals surface area (Å²) >= 11 is 1.79. The number of piperazine rings is 1. The van der Waals surface area contributed by atoms with Crippen LogP contribution in [0.15, 0.2) is 5.38 Å². The zero-order valence-electron chi connectivity index (χ0n) is 12.9. The van der Waals surface area contributed by atoms with Crippen LogP contribution in [0.2, 0.25) is 0 Å². The van der Waals surface area contributed by atoms with Crippen LogP contribution in [0.5, 0.6) is 0 Å². The summed E-state index contributed by atoms with van der Waals surface area (Å²) < 4.78 is 0. The van der Waals surface area contributed by atoms with Gasteiger partial charge in [0.05, 0.1) is 6.54 Å². The molecule has 1 aliphatic rings. The van der Waals surface area contributed by atoms with E-state index in [1.54, 1.807) is 11.3 Å². The van der Waals surface area contributed by atoms with E-state index in [-0.39, 0.29) is 11.1 Å². The molecule has 2 heterocycles. The van der Waals surface area contributed by atoms with Gasteiger partial charge in [0.15, 0.2) is 0 Å². The molecule has 0 bridgehead atoms. The summed E-state index contributed by atoms with van der Waals surface area (Å²) in [6.45, 7) is 14.5.